The van der Waals surface area contributed by atoms with Gasteiger partial charge in [0, 0.05) is 18.6 Å². The van der Waals surface area contributed by atoms with Crippen molar-refractivity contribution in [1.82, 2.24) is 0 Å². The Bertz CT molecular complexity index is 528. The van der Waals surface area contributed by atoms with Crippen LogP contribution in [0.25, 0.3) is 0 Å². The van der Waals surface area contributed by atoms with Crippen molar-refractivity contribution in [2.45, 2.75) is 38.9 Å². The number of rotatable bonds is 6. The largest absolute Gasteiger partial charge is 0.480 e. The molecule has 1 aliphatic rings. The summed E-state index contributed by atoms with van der Waals surface area (Å²) in [5, 5.41) is 11.1. The van der Waals surface area contributed by atoms with Gasteiger partial charge in [0.05, 0.1) is 4.92 Å². The first-order valence-electron chi connectivity index (χ1n) is 6.59. The average Bonchev–Trinajstić information content (AvgIpc) is 2.38. The Kier molecular flexibility index (Phi) is 4.34. The number of aryl methyl sites for hydroxylation is 1. The third-order valence-corrected chi connectivity index (χ3v) is 3.22. The van der Waals surface area contributed by atoms with Gasteiger partial charge in [0.25, 0.3) is 0 Å². The highest BCUT2D eigenvalue weighted by Gasteiger charge is 2.43. The van der Waals surface area contributed by atoms with E-state index in [-0.39, 0.29) is 23.6 Å². The molecule has 2 atom stereocenters. The van der Waals surface area contributed by atoms with Crippen LogP contribution in [0.1, 0.15) is 25.3 Å². The summed E-state index contributed by atoms with van der Waals surface area (Å²) in [7, 11) is 0. The van der Waals surface area contributed by atoms with Gasteiger partial charge in [-0.05, 0) is 19.4 Å². The first-order valence-corrected chi connectivity index (χ1v) is 6.59. The van der Waals surface area contributed by atoms with Crippen LogP contribution in [0.4, 0.5) is 5.69 Å². The number of hydrogen-bond acceptors (Lipinski definition) is 5. The Balaban J connectivity index is 2.13. The van der Waals surface area contributed by atoms with E-state index < -0.39 is 17.1 Å². The first kappa shape index (κ1) is 14.5. The van der Waals surface area contributed by atoms with Gasteiger partial charge in [-0.3, -0.25) is 14.9 Å². The number of para-hydroxylation sites is 1. The molecule has 6 heteroatoms. The van der Waals surface area contributed by atoms with Crippen molar-refractivity contribution in [2.75, 3.05) is 6.61 Å². The maximum Gasteiger partial charge on any atom is 0.313 e. The lowest BCUT2D eigenvalue weighted by Gasteiger charge is -2.34. The van der Waals surface area contributed by atoms with Crippen molar-refractivity contribution in [3.05, 3.63) is 33.9 Å². The van der Waals surface area contributed by atoms with E-state index in [0.29, 0.717) is 12.2 Å². The second-order valence-corrected chi connectivity index (χ2v) is 4.80. The second-order valence-electron chi connectivity index (χ2n) is 4.80. The van der Waals surface area contributed by atoms with E-state index in [9.17, 15) is 14.9 Å². The van der Waals surface area contributed by atoms with Gasteiger partial charge in [0.1, 0.15) is 6.10 Å². The molecule has 0 aliphatic heterocycles. The third-order valence-electron chi connectivity index (χ3n) is 3.22. The highest BCUT2D eigenvalue weighted by atomic mass is 16.6. The van der Waals surface area contributed by atoms with Gasteiger partial charge in [-0.15, -0.1) is 0 Å². The third kappa shape index (κ3) is 2.80. The molecule has 0 heterocycles. The van der Waals surface area contributed by atoms with Gasteiger partial charge >= 0.3 is 5.69 Å². The Labute approximate surface area is 116 Å². The normalized spacial score (nSPS) is 21.4. The molecule has 0 bridgehead atoms. The molecule has 6 nitrogen and oxygen atoms in total. The highest BCUT2D eigenvalue weighted by Crippen LogP contribution is 2.34. The molecular formula is C14H17NO5. The molecule has 0 radical (unpaired) electrons. The summed E-state index contributed by atoms with van der Waals surface area (Å²) in [5.74, 6) is 0.177. The van der Waals surface area contributed by atoms with Crippen molar-refractivity contribution in [3.8, 4) is 5.75 Å². The monoisotopic (exact) mass is 279 g/mol. The Hall–Kier alpha value is -1.95. The number of Topliss-reactive ketones (excluding diaryl/α,β-unsaturated/α-hetero) is 1. The lowest BCUT2D eigenvalue weighted by Crippen LogP contribution is -2.52. The van der Waals surface area contributed by atoms with Gasteiger partial charge in [0.15, 0.2) is 17.6 Å². The molecule has 1 aromatic rings. The number of hydrogen-bond donors (Lipinski definition) is 0. The Morgan fingerprint density at radius 2 is 2.20 bits per heavy atom. The minimum Gasteiger partial charge on any atom is -0.480 e. The number of carbonyl (C=O) groups is 1. The van der Waals surface area contributed by atoms with Crippen LogP contribution in [-0.2, 0) is 9.53 Å². The predicted octanol–water partition coefficient (Wildman–Crippen LogP) is 2.42. The molecule has 0 aromatic heterocycles. The zero-order valence-corrected chi connectivity index (χ0v) is 11.5. The summed E-state index contributed by atoms with van der Waals surface area (Å²) >= 11 is 0. The molecule has 0 spiro atoms. The Morgan fingerprint density at radius 3 is 2.80 bits per heavy atom. The van der Waals surface area contributed by atoms with E-state index in [1.54, 1.807) is 25.1 Å². The zero-order valence-electron chi connectivity index (χ0n) is 11.5. The van der Waals surface area contributed by atoms with Gasteiger partial charge in [0.2, 0.25) is 0 Å². The quantitative estimate of drug-likeness (QED) is 0.590. The van der Waals surface area contributed by atoms with E-state index in [2.05, 4.69) is 0 Å². The maximum absolute atomic E-state index is 11.5. The average molecular weight is 279 g/mol. The Morgan fingerprint density at radius 1 is 1.45 bits per heavy atom. The summed E-state index contributed by atoms with van der Waals surface area (Å²) in [6.45, 7) is 4.08. The number of benzene rings is 1. The molecule has 2 rings (SSSR count). The van der Waals surface area contributed by atoms with Crippen molar-refractivity contribution >= 4 is 11.5 Å². The number of nitro groups is 1. The lowest BCUT2D eigenvalue weighted by molar-refractivity contribution is -0.386. The SMILES string of the molecule is CCCOC1C(=O)CC1Oc1cccc(C)c1[N+](=O)[O-]. The fraction of sp³-hybridized carbons (Fsp3) is 0.500. The number of carbonyl (C=O) groups excluding carboxylic acids is 1. The second kappa shape index (κ2) is 6.00. The van der Waals surface area contributed by atoms with Crippen LogP contribution in [0.5, 0.6) is 5.75 Å². The maximum atomic E-state index is 11.5. The van der Waals surface area contributed by atoms with Crippen LogP contribution in [0.2, 0.25) is 0 Å². The summed E-state index contributed by atoms with van der Waals surface area (Å²) in [5.41, 5.74) is 0.477. The lowest BCUT2D eigenvalue weighted by atomic mass is 9.90. The number of nitrogens with zero attached hydrogens (tertiary/aromatic N) is 1. The fourth-order valence-corrected chi connectivity index (χ4v) is 2.14. The van der Waals surface area contributed by atoms with E-state index >= 15 is 0 Å². The van der Waals surface area contributed by atoms with Crippen LogP contribution in [0, 0.1) is 17.0 Å². The number of ketones is 1. The molecule has 1 saturated carbocycles. The van der Waals surface area contributed by atoms with E-state index in [4.69, 9.17) is 9.47 Å². The van der Waals surface area contributed by atoms with Crippen molar-refractivity contribution < 1.29 is 19.2 Å². The molecule has 2 unspecified atom stereocenters. The van der Waals surface area contributed by atoms with Gasteiger partial charge in [-0.2, -0.15) is 0 Å². The molecule has 1 fully saturated rings. The predicted molar refractivity (Wildman–Crippen MR) is 71.9 cm³/mol. The molecule has 1 aliphatic carbocycles. The van der Waals surface area contributed by atoms with Crippen LogP contribution in [-0.4, -0.2) is 29.5 Å². The topological polar surface area (TPSA) is 78.7 Å². The van der Waals surface area contributed by atoms with Crippen molar-refractivity contribution in [2.24, 2.45) is 0 Å². The van der Waals surface area contributed by atoms with Gasteiger partial charge < -0.3 is 9.47 Å². The first-order chi connectivity index (χ1) is 9.54. The zero-order chi connectivity index (χ0) is 14.7. The fourth-order valence-electron chi connectivity index (χ4n) is 2.14. The van der Waals surface area contributed by atoms with Crippen LogP contribution in [0.15, 0.2) is 18.2 Å². The van der Waals surface area contributed by atoms with Gasteiger partial charge in [-0.25, -0.2) is 0 Å². The van der Waals surface area contributed by atoms with Crippen molar-refractivity contribution in [3.63, 3.8) is 0 Å². The summed E-state index contributed by atoms with van der Waals surface area (Å²) in [6.07, 6.45) is 0.00484. The summed E-state index contributed by atoms with van der Waals surface area (Å²) in [4.78, 5) is 22.1. The standard InChI is InChI=1S/C14H17NO5/c1-3-7-19-14-10(16)8-12(14)20-11-6-4-5-9(2)13(11)15(17)18/h4-6,12,14H,3,7-8H2,1-2H3. The molecule has 20 heavy (non-hydrogen) atoms. The molecule has 108 valence electrons. The number of ether oxygens (including phenoxy) is 2. The number of nitro benzene ring substituents is 1. The summed E-state index contributed by atoms with van der Waals surface area (Å²) in [6, 6.07) is 4.90. The van der Waals surface area contributed by atoms with Crippen molar-refractivity contribution in [1.29, 1.82) is 0 Å². The summed E-state index contributed by atoms with van der Waals surface area (Å²) < 4.78 is 11.0. The van der Waals surface area contributed by atoms with E-state index in [0.717, 1.165) is 6.42 Å². The molecule has 0 N–H and O–H groups in total. The van der Waals surface area contributed by atoms with E-state index in [1.807, 2.05) is 6.92 Å². The molecular weight excluding hydrogens is 262 g/mol. The van der Waals surface area contributed by atoms with Crippen LogP contribution < -0.4 is 4.74 Å². The molecule has 0 amide bonds. The highest BCUT2D eigenvalue weighted by molar-refractivity contribution is 5.90. The van der Waals surface area contributed by atoms with Gasteiger partial charge in [-0.1, -0.05) is 19.1 Å². The van der Waals surface area contributed by atoms with Crippen LogP contribution >= 0.6 is 0 Å². The minimum absolute atomic E-state index is 0.0150. The smallest absolute Gasteiger partial charge is 0.313 e. The van der Waals surface area contributed by atoms with E-state index in [1.165, 1.54) is 0 Å². The molecule has 0 saturated heterocycles. The minimum atomic E-state index is -0.602. The van der Waals surface area contributed by atoms with Crippen LogP contribution in [0.3, 0.4) is 0 Å². The molecule has 1 aromatic carbocycles.